The zero-order chi connectivity index (χ0) is 14.3. The minimum Gasteiger partial charge on any atom is -0.481 e. The predicted octanol–water partition coefficient (Wildman–Crippen LogP) is 2.75. The van der Waals surface area contributed by atoms with E-state index in [0.717, 1.165) is 12.6 Å². The maximum absolute atomic E-state index is 12.2. The van der Waals surface area contributed by atoms with E-state index in [1.54, 1.807) is 0 Å². The van der Waals surface area contributed by atoms with E-state index >= 15 is 0 Å². The second-order valence-corrected chi connectivity index (χ2v) is 5.16. The number of anilines is 1. The van der Waals surface area contributed by atoms with Crippen molar-refractivity contribution in [3.8, 4) is 0 Å². The van der Waals surface area contributed by atoms with E-state index in [2.05, 4.69) is 9.97 Å². The Morgan fingerprint density at radius 1 is 1.56 bits per heavy atom. The van der Waals surface area contributed by atoms with Crippen LogP contribution in [0.15, 0.2) is 6.20 Å². The minimum atomic E-state index is -0.704. The van der Waals surface area contributed by atoms with Gasteiger partial charge in [0.15, 0.2) is 11.6 Å². The van der Waals surface area contributed by atoms with Crippen molar-refractivity contribution in [1.82, 2.24) is 9.97 Å². The van der Waals surface area contributed by atoms with Gasteiger partial charge in [0.1, 0.15) is 0 Å². The van der Waals surface area contributed by atoms with Gasteiger partial charge >= 0.3 is 5.97 Å². The highest BCUT2D eigenvalue weighted by Gasteiger charge is 2.11. The van der Waals surface area contributed by atoms with Gasteiger partial charge in [-0.3, -0.25) is 4.79 Å². The molecule has 0 aliphatic rings. The summed E-state index contributed by atoms with van der Waals surface area (Å²) in [7, 11) is 0. The van der Waals surface area contributed by atoms with Crippen molar-refractivity contribution < 1.29 is 14.3 Å². The van der Waals surface area contributed by atoms with Gasteiger partial charge in [0.05, 0.1) is 6.20 Å². The molecule has 0 atom stereocenters. The summed E-state index contributed by atoms with van der Waals surface area (Å²) in [6, 6.07) is 0. The molecule has 0 unspecified atom stereocenters. The van der Waals surface area contributed by atoms with Gasteiger partial charge in [-0.2, -0.15) is 4.98 Å². The number of aliphatic carboxylic acids is 1. The topological polar surface area (TPSA) is 89.1 Å². The molecule has 0 aromatic carbocycles. The van der Waals surface area contributed by atoms with Gasteiger partial charge in [-0.1, -0.05) is 20.8 Å². The SMILES string of the molecule is CC(C)(C)CCC(=O)O.Nc1nc(Cl)ncc1F. The van der Waals surface area contributed by atoms with Crippen molar-refractivity contribution in [2.45, 2.75) is 33.6 Å². The molecule has 0 amide bonds. The molecule has 7 heteroatoms. The molecule has 0 saturated heterocycles. The number of hydrogen-bond donors (Lipinski definition) is 2. The first kappa shape index (κ1) is 16.6. The second-order valence-electron chi connectivity index (χ2n) is 4.83. The van der Waals surface area contributed by atoms with Gasteiger partial charge in [0.25, 0.3) is 0 Å². The summed E-state index contributed by atoms with van der Waals surface area (Å²) in [5.41, 5.74) is 5.16. The van der Waals surface area contributed by atoms with Gasteiger partial charge in [-0.15, -0.1) is 0 Å². The standard InChI is InChI=1S/C7H14O2.C4H3ClFN3/c1-7(2,3)5-4-6(8)9;5-4-8-1-2(6)3(7)9-4/h4-5H2,1-3H3,(H,8,9);1H,(H2,7,8,9). The Labute approximate surface area is 110 Å². The van der Waals surface area contributed by atoms with E-state index in [-0.39, 0.29) is 22.9 Å². The largest absolute Gasteiger partial charge is 0.481 e. The lowest BCUT2D eigenvalue weighted by Gasteiger charge is -2.15. The van der Waals surface area contributed by atoms with Crippen LogP contribution in [0.3, 0.4) is 0 Å². The Kier molecular flexibility index (Phi) is 6.54. The van der Waals surface area contributed by atoms with E-state index in [0.29, 0.717) is 0 Å². The zero-order valence-electron chi connectivity index (χ0n) is 10.6. The van der Waals surface area contributed by atoms with Crippen LogP contribution >= 0.6 is 11.6 Å². The molecule has 1 heterocycles. The first-order valence-electron chi connectivity index (χ1n) is 5.27. The molecular weight excluding hydrogens is 261 g/mol. The summed E-state index contributed by atoms with van der Waals surface area (Å²) in [4.78, 5) is 16.7. The zero-order valence-corrected chi connectivity index (χ0v) is 11.3. The monoisotopic (exact) mass is 277 g/mol. The quantitative estimate of drug-likeness (QED) is 0.811. The third-order valence-corrected chi connectivity index (χ3v) is 2.01. The van der Waals surface area contributed by atoms with E-state index in [1.807, 2.05) is 20.8 Å². The van der Waals surface area contributed by atoms with Gasteiger partial charge in [-0.25, -0.2) is 9.37 Å². The lowest BCUT2D eigenvalue weighted by atomic mass is 9.91. The summed E-state index contributed by atoms with van der Waals surface area (Å²) >= 11 is 5.25. The van der Waals surface area contributed by atoms with Crippen LogP contribution < -0.4 is 5.73 Å². The normalized spacial score (nSPS) is 10.5. The summed E-state index contributed by atoms with van der Waals surface area (Å²) in [6.07, 6.45) is 1.95. The highest BCUT2D eigenvalue weighted by molar-refractivity contribution is 6.28. The highest BCUT2D eigenvalue weighted by Crippen LogP contribution is 2.19. The van der Waals surface area contributed by atoms with Gasteiger partial charge < -0.3 is 10.8 Å². The third-order valence-electron chi connectivity index (χ3n) is 1.83. The van der Waals surface area contributed by atoms with E-state index in [1.165, 1.54) is 0 Å². The molecule has 0 aliphatic carbocycles. The van der Waals surface area contributed by atoms with Gasteiger partial charge in [0, 0.05) is 6.42 Å². The number of carboxylic acid groups (broad SMARTS) is 1. The molecule has 0 fully saturated rings. The predicted molar refractivity (Wildman–Crippen MR) is 67.7 cm³/mol. The summed E-state index contributed by atoms with van der Waals surface area (Å²) < 4.78 is 12.2. The molecule has 0 spiro atoms. The molecule has 0 aliphatic heterocycles. The average Bonchev–Trinajstić information content (AvgIpc) is 2.21. The maximum atomic E-state index is 12.2. The number of nitrogens with two attached hydrogens (primary N) is 1. The number of hydrogen-bond acceptors (Lipinski definition) is 4. The van der Waals surface area contributed by atoms with Crippen LogP contribution in [-0.2, 0) is 4.79 Å². The fourth-order valence-corrected chi connectivity index (χ4v) is 0.980. The van der Waals surface area contributed by atoms with Crippen molar-refractivity contribution >= 4 is 23.4 Å². The number of nitrogens with zero attached hydrogens (tertiary/aromatic N) is 2. The number of nitrogen functional groups attached to an aromatic ring is 1. The summed E-state index contributed by atoms with van der Waals surface area (Å²) in [5, 5.41) is 8.23. The van der Waals surface area contributed by atoms with Crippen molar-refractivity contribution in [3.63, 3.8) is 0 Å². The summed E-state index contributed by atoms with van der Waals surface area (Å²) in [6.45, 7) is 6.11. The summed E-state index contributed by atoms with van der Waals surface area (Å²) in [5.74, 6) is -1.58. The van der Waals surface area contributed by atoms with Crippen molar-refractivity contribution in [2.75, 3.05) is 5.73 Å². The lowest BCUT2D eigenvalue weighted by Crippen LogP contribution is -2.07. The van der Waals surface area contributed by atoms with E-state index < -0.39 is 11.8 Å². The molecule has 1 aromatic rings. The van der Waals surface area contributed by atoms with Crippen molar-refractivity contribution in [3.05, 3.63) is 17.3 Å². The first-order valence-corrected chi connectivity index (χ1v) is 5.65. The minimum absolute atomic E-state index is 0.0473. The number of carboxylic acids is 1. The average molecular weight is 278 g/mol. The fourth-order valence-electron chi connectivity index (χ4n) is 0.840. The Balaban J connectivity index is 0.000000321. The third kappa shape index (κ3) is 8.69. The molecule has 18 heavy (non-hydrogen) atoms. The molecule has 1 rings (SSSR count). The van der Waals surface area contributed by atoms with Crippen LogP contribution in [0.25, 0.3) is 0 Å². The molecule has 3 N–H and O–H groups in total. The van der Waals surface area contributed by atoms with Crippen molar-refractivity contribution in [2.24, 2.45) is 5.41 Å². The van der Waals surface area contributed by atoms with Crippen LogP contribution in [0.2, 0.25) is 5.28 Å². The number of halogens is 2. The molecule has 0 bridgehead atoms. The number of rotatable bonds is 2. The van der Waals surface area contributed by atoms with Crippen LogP contribution in [0.5, 0.6) is 0 Å². The number of carbonyl (C=O) groups is 1. The first-order chi connectivity index (χ1) is 8.11. The van der Waals surface area contributed by atoms with E-state index in [4.69, 9.17) is 22.4 Å². The van der Waals surface area contributed by atoms with Crippen LogP contribution in [-0.4, -0.2) is 21.0 Å². The molecule has 5 nitrogen and oxygen atoms in total. The molecule has 102 valence electrons. The Hall–Kier alpha value is -1.43. The van der Waals surface area contributed by atoms with Crippen LogP contribution in [0.1, 0.15) is 33.6 Å². The molecular formula is C11H17ClFN3O2. The Bertz CT molecular complexity index is 408. The van der Waals surface area contributed by atoms with Crippen LogP contribution in [0, 0.1) is 11.2 Å². The van der Waals surface area contributed by atoms with E-state index in [9.17, 15) is 9.18 Å². The number of aromatic nitrogens is 2. The maximum Gasteiger partial charge on any atom is 0.303 e. The molecule has 1 aromatic heterocycles. The van der Waals surface area contributed by atoms with Crippen LogP contribution in [0.4, 0.5) is 10.2 Å². The smallest absolute Gasteiger partial charge is 0.303 e. The molecule has 0 saturated carbocycles. The fraction of sp³-hybridized carbons (Fsp3) is 0.545. The van der Waals surface area contributed by atoms with Gasteiger partial charge in [-0.05, 0) is 23.4 Å². The van der Waals surface area contributed by atoms with Crippen molar-refractivity contribution in [1.29, 1.82) is 0 Å². The second kappa shape index (κ2) is 7.10. The lowest BCUT2D eigenvalue weighted by molar-refractivity contribution is -0.137. The highest BCUT2D eigenvalue weighted by atomic mass is 35.5. The Morgan fingerprint density at radius 3 is 2.39 bits per heavy atom. The Morgan fingerprint density at radius 2 is 2.11 bits per heavy atom. The molecule has 0 radical (unpaired) electrons. The van der Waals surface area contributed by atoms with Gasteiger partial charge in [0.2, 0.25) is 5.28 Å².